The van der Waals surface area contributed by atoms with Crippen molar-refractivity contribution in [1.82, 2.24) is 0 Å². The molecule has 0 aliphatic rings. The zero-order chi connectivity index (χ0) is 40.7. The molecule has 314 valence electrons. The molecular weight excluding hydrogens is 942 g/mol. The molecule has 62 heavy (non-hydrogen) atoms. The van der Waals surface area contributed by atoms with Crippen molar-refractivity contribution in [1.29, 1.82) is 0 Å². The second-order valence-electron chi connectivity index (χ2n) is 13.0. The van der Waals surface area contributed by atoms with Gasteiger partial charge in [0.15, 0.2) is 0 Å². The van der Waals surface area contributed by atoms with Crippen LogP contribution in [0.25, 0.3) is 0 Å². The number of hydrogen-bond donors (Lipinski definition) is 0. The van der Waals surface area contributed by atoms with Crippen molar-refractivity contribution in [3.8, 4) is 0 Å². The summed E-state index contributed by atoms with van der Waals surface area (Å²) in [5.41, 5.74) is 0. The summed E-state index contributed by atoms with van der Waals surface area (Å²) in [4.78, 5) is 8.00. The van der Waals surface area contributed by atoms with Crippen LogP contribution in [0.1, 0.15) is 1.43 Å². The minimum Gasteiger partial charge on any atom is -1.00 e. The molecule has 9 aromatic rings. The Kier molecular flexibility index (Phi) is 24.5. The molecule has 0 N–H and O–H groups in total. The first kappa shape index (κ1) is 51.5. The number of benzene rings is 9. The average Bonchev–Trinajstić information content (AvgIpc) is 3.34. The Labute approximate surface area is 399 Å². The molecule has 0 atom stereocenters. The molecule has 0 radical (unpaired) electrons. The van der Waals surface area contributed by atoms with Crippen LogP contribution in [0.5, 0.6) is 0 Å². The summed E-state index contributed by atoms with van der Waals surface area (Å²) in [6, 6.07) is 97.0. The maximum absolute atomic E-state index is 8.00. The Morgan fingerprint density at radius 3 is 0.371 bits per heavy atom. The minimum atomic E-state index is -0.446. The van der Waals surface area contributed by atoms with Gasteiger partial charge in [0.1, 0.15) is 6.79 Å². The van der Waals surface area contributed by atoms with Gasteiger partial charge < -0.3 is 6.22 Å². The molecule has 0 amide bonds. The summed E-state index contributed by atoms with van der Waals surface area (Å²) < 4.78 is 0. The van der Waals surface area contributed by atoms with Crippen LogP contribution in [-0.4, -0.2) is 6.79 Å². The van der Waals surface area contributed by atoms with E-state index in [1.54, 1.807) is 0 Å². The first-order valence-corrected chi connectivity index (χ1v) is 23.5. The second-order valence-corrected chi connectivity index (χ2v) is 19.7. The molecule has 0 unspecified atom stereocenters. The SMILES string of the molecule is C=O.Cl.Cl.[H-].[Ru].c1ccc(P(c2ccccc2)c2ccccc2)cc1.c1ccc(P(c2ccccc2)c2ccccc2)cc1.c1ccc(P(c2ccccc2)c2ccccc2)cc1. The zero-order valence-corrected chi connectivity index (χ0v) is 40.2. The fourth-order valence-electron chi connectivity index (χ4n) is 6.54. The van der Waals surface area contributed by atoms with Gasteiger partial charge in [-0.25, -0.2) is 0 Å². The van der Waals surface area contributed by atoms with E-state index in [1.165, 1.54) is 47.7 Å². The van der Waals surface area contributed by atoms with Crippen LogP contribution in [0.4, 0.5) is 0 Å². The van der Waals surface area contributed by atoms with E-state index in [2.05, 4.69) is 273 Å². The van der Waals surface area contributed by atoms with Gasteiger partial charge in [0, 0.05) is 19.5 Å². The molecule has 0 fully saturated rings. The molecule has 0 heterocycles. The van der Waals surface area contributed by atoms with Gasteiger partial charge in [0.25, 0.3) is 0 Å². The summed E-state index contributed by atoms with van der Waals surface area (Å²) in [5.74, 6) is 0. The van der Waals surface area contributed by atoms with Gasteiger partial charge in [0.2, 0.25) is 0 Å². The van der Waals surface area contributed by atoms with E-state index >= 15 is 0 Å². The Morgan fingerprint density at radius 2 is 0.290 bits per heavy atom. The molecule has 0 aliphatic heterocycles. The van der Waals surface area contributed by atoms with E-state index in [1.807, 2.05) is 6.79 Å². The molecule has 9 aromatic carbocycles. The van der Waals surface area contributed by atoms with Crippen LogP contribution in [-0.2, 0) is 24.3 Å². The van der Waals surface area contributed by atoms with Crippen molar-refractivity contribution in [3.63, 3.8) is 0 Å². The van der Waals surface area contributed by atoms with Crippen LogP contribution in [0.15, 0.2) is 273 Å². The standard InChI is InChI=1S/3C18H15P.CH2O.2ClH.Ru.H/c3*1-4-10-16(11-5-1)19(17-12-6-2-7-13-17)18-14-8-3-9-15-18;1-2;;;;/h3*1-15H;1H2;2*1H;;/q;;;;;;;-1. The van der Waals surface area contributed by atoms with Gasteiger partial charge in [-0.05, 0) is 71.5 Å². The van der Waals surface area contributed by atoms with E-state index in [4.69, 9.17) is 4.79 Å². The van der Waals surface area contributed by atoms with Crippen molar-refractivity contribution >= 4 is 103 Å². The third kappa shape index (κ3) is 15.2. The van der Waals surface area contributed by atoms with E-state index in [0.29, 0.717) is 0 Å². The Bertz CT molecular complexity index is 1910. The molecule has 0 spiro atoms. The number of carbonyl (C=O) groups is 1. The molecule has 0 aliphatic carbocycles. The average molecular weight is 992 g/mol. The molecule has 9 rings (SSSR count). The molecule has 7 heteroatoms. The van der Waals surface area contributed by atoms with Gasteiger partial charge in [0.05, 0.1) is 0 Å². The quantitative estimate of drug-likeness (QED) is 0.104. The first-order chi connectivity index (χ1) is 29.3. The van der Waals surface area contributed by atoms with E-state index < -0.39 is 23.8 Å². The molecule has 0 aromatic heterocycles. The number of halogens is 2. The van der Waals surface area contributed by atoms with Crippen molar-refractivity contribution in [2.45, 2.75) is 0 Å². The normalized spacial score (nSPS) is 9.79. The van der Waals surface area contributed by atoms with Crippen LogP contribution < -0.4 is 47.7 Å². The number of carbonyl (C=O) groups excluding carboxylic acids is 1. The zero-order valence-electron chi connectivity index (χ0n) is 35.1. The summed E-state index contributed by atoms with van der Waals surface area (Å²) >= 11 is 0. The molecule has 1 nitrogen and oxygen atoms in total. The smallest absolute Gasteiger partial charge is 0.106 e. The van der Waals surface area contributed by atoms with Crippen LogP contribution in [0.2, 0.25) is 0 Å². The molecule has 0 bridgehead atoms. The predicted molar refractivity (Wildman–Crippen MR) is 278 cm³/mol. The van der Waals surface area contributed by atoms with Crippen molar-refractivity contribution in [3.05, 3.63) is 273 Å². The monoisotopic (exact) mass is 991 g/mol. The third-order valence-corrected chi connectivity index (χ3v) is 16.5. The fraction of sp³-hybridized carbons (Fsp3) is 0. The Balaban J connectivity index is 0.000000309. The van der Waals surface area contributed by atoms with Crippen molar-refractivity contribution < 1.29 is 25.7 Å². The summed E-state index contributed by atoms with van der Waals surface area (Å²) in [6.45, 7) is 2.00. The third-order valence-electron chi connectivity index (χ3n) is 9.13. The van der Waals surface area contributed by atoms with Gasteiger partial charge in [-0.3, -0.25) is 0 Å². The summed E-state index contributed by atoms with van der Waals surface area (Å²) in [5, 5.41) is 12.6. The topological polar surface area (TPSA) is 17.1 Å². The van der Waals surface area contributed by atoms with Crippen molar-refractivity contribution in [2.75, 3.05) is 0 Å². The first-order valence-electron chi connectivity index (χ1n) is 19.5. The maximum atomic E-state index is 8.00. The Morgan fingerprint density at radius 1 is 0.210 bits per heavy atom. The number of hydrogen-bond acceptors (Lipinski definition) is 1. The van der Waals surface area contributed by atoms with Crippen molar-refractivity contribution in [2.24, 2.45) is 0 Å². The van der Waals surface area contributed by atoms with Crippen LogP contribution in [0, 0.1) is 0 Å². The summed E-state index contributed by atoms with van der Waals surface area (Å²) in [7, 11) is -1.34. The van der Waals surface area contributed by atoms with Gasteiger partial charge in [-0.2, -0.15) is 0 Å². The van der Waals surface area contributed by atoms with Gasteiger partial charge >= 0.3 is 0 Å². The maximum Gasteiger partial charge on any atom is 0.106 e. The fourth-order valence-corrected chi connectivity index (χ4v) is 13.5. The van der Waals surface area contributed by atoms with E-state index in [0.717, 1.165) is 0 Å². The number of rotatable bonds is 9. The predicted octanol–water partition coefficient (Wildman–Crippen LogP) is 11.1. The molecule has 0 saturated carbocycles. The molecular formula is C55H50Cl2OP3Ru-. The largest absolute Gasteiger partial charge is 1.00 e. The van der Waals surface area contributed by atoms with Crippen LogP contribution in [0.3, 0.4) is 0 Å². The van der Waals surface area contributed by atoms with Crippen LogP contribution >= 0.6 is 48.6 Å². The summed E-state index contributed by atoms with van der Waals surface area (Å²) in [6.07, 6.45) is 0. The van der Waals surface area contributed by atoms with E-state index in [-0.39, 0.29) is 45.7 Å². The van der Waals surface area contributed by atoms with E-state index in [9.17, 15) is 0 Å². The Hall–Kier alpha value is -4.86. The second kappa shape index (κ2) is 29.4. The van der Waals surface area contributed by atoms with Gasteiger partial charge in [-0.1, -0.05) is 273 Å². The van der Waals surface area contributed by atoms with Gasteiger partial charge in [-0.15, -0.1) is 24.8 Å². The molecule has 0 saturated heterocycles. The minimum absolute atomic E-state index is 0.